The maximum absolute atomic E-state index is 12.2. The molecule has 0 aromatic rings. The van der Waals surface area contributed by atoms with Crippen molar-refractivity contribution in [3.63, 3.8) is 0 Å². The molecule has 3 heteroatoms. The number of methoxy groups -OCH3 is 1. The second-order valence-corrected chi connectivity index (χ2v) is 4.86. The molecule has 1 aliphatic carbocycles. The molecule has 0 saturated carbocycles. The van der Waals surface area contributed by atoms with Crippen LogP contribution in [-0.4, -0.2) is 18.7 Å². The molecule has 0 radical (unpaired) electrons. The SMILES string of the molecule is CC/C(C)=C/CCC1=C(C)C(=O)C(OC)=C(C)C1=O. The molecule has 0 bridgehead atoms. The van der Waals surface area contributed by atoms with Crippen molar-refractivity contribution in [3.05, 3.63) is 34.1 Å². The van der Waals surface area contributed by atoms with Gasteiger partial charge < -0.3 is 4.74 Å². The van der Waals surface area contributed by atoms with Crippen molar-refractivity contribution in [1.82, 2.24) is 0 Å². The van der Waals surface area contributed by atoms with Crippen LogP contribution in [0.15, 0.2) is 34.1 Å². The van der Waals surface area contributed by atoms with E-state index < -0.39 is 0 Å². The van der Waals surface area contributed by atoms with Crippen LogP contribution in [0.4, 0.5) is 0 Å². The molecule has 1 rings (SSSR count). The molecule has 104 valence electrons. The van der Waals surface area contributed by atoms with Gasteiger partial charge in [0, 0.05) is 16.7 Å². The van der Waals surface area contributed by atoms with Crippen LogP contribution < -0.4 is 0 Å². The number of carbonyl (C=O) groups is 2. The van der Waals surface area contributed by atoms with Crippen molar-refractivity contribution >= 4 is 11.6 Å². The van der Waals surface area contributed by atoms with E-state index in [2.05, 4.69) is 19.9 Å². The van der Waals surface area contributed by atoms with E-state index in [1.807, 2.05) is 0 Å². The first-order valence-corrected chi connectivity index (χ1v) is 6.63. The molecule has 0 N–H and O–H groups in total. The minimum atomic E-state index is -0.161. The maximum atomic E-state index is 12.2. The third kappa shape index (κ3) is 3.22. The average molecular weight is 262 g/mol. The Balaban J connectivity index is 2.93. The fraction of sp³-hybridized carbons (Fsp3) is 0.500. The number of Topliss-reactive ketones (excluding diaryl/α,β-unsaturated/α-hetero) is 2. The first-order chi connectivity index (χ1) is 8.93. The second-order valence-electron chi connectivity index (χ2n) is 4.86. The zero-order valence-corrected chi connectivity index (χ0v) is 12.4. The number of rotatable bonds is 5. The number of hydrogen-bond donors (Lipinski definition) is 0. The van der Waals surface area contributed by atoms with E-state index in [-0.39, 0.29) is 17.3 Å². The second kappa shape index (κ2) is 6.50. The van der Waals surface area contributed by atoms with Gasteiger partial charge in [-0.05, 0) is 40.0 Å². The predicted molar refractivity (Wildman–Crippen MR) is 75.7 cm³/mol. The van der Waals surface area contributed by atoms with Crippen LogP contribution >= 0.6 is 0 Å². The number of ether oxygens (including phenoxy) is 1. The summed E-state index contributed by atoms with van der Waals surface area (Å²) in [6, 6.07) is 0. The first kappa shape index (κ1) is 15.4. The van der Waals surface area contributed by atoms with Gasteiger partial charge in [0.05, 0.1) is 7.11 Å². The fourth-order valence-electron chi connectivity index (χ4n) is 2.13. The van der Waals surface area contributed by atoms with E-state index >= 15 is 0 Å². The van der Waals surface area contributed by atoms with E-state index in [9.17, 15) is 9.59 Å². The van der Waals surface area contributed by atoms with Gasteiger partial charge in [-0.2, -0.15) is 0 Å². The monoisotopic (exact) mass is 262 g/mol. The zero-order valence-electron chi connectivity index (χ0n) is 12.4. The Morgan fingerprint density at radius 2 is 1.79 bits per heavy atom. The lowest BCUT2D eigenvalue weighted by molar-refractivity contribution is -0.118. The predicted octanol–water partition coefficient (Wildman–Crippen LogP) is 3.51. The summed E-state index contributed by atoms with van der Waals surface area (Å²) in [7, 11) is 1.43. The lowest BCUT2D eigenvalue weighted by Gasteiger charge is -2.19. The van der Waals surface area contributed by atoms with Crippen molar-refractivity contribution < 1.29 is 14.3 Å². The molecule has 0 amide bonds. The summed E-state index contributed by atoms with van der Waals surface area (Å²) in [5.74, 6) is -0.0335. The van der Waals surface area contributed by atoms with Gasteiger partial charge in [-0.1, -0.05) is 18.6 Å². The van der Waals surface area contributed by atoms with Gasteiger partial charge in [0.2, 0.25) is 5.78 Å². The van der Waals surface area contributed by atoms with Crippen LogP contribution in [0.2, 0.25) is 0 Å². The summed E-state index contributed by atoms with van der Waals surface area (Å²) in [4.78, 5) is 24.3. The van der Waals surface area contributed by atoms with E-state index in [0.29, 0.717) is 23.1 Å². The highest BCUT2D eigenvalue weighted by atomic mass is 16.5. The molecular formula is C16H22O3. The fourth-order valence-corrected chi connectivity index (χ4v) is 2.13. The molecule has 0 saturated heterocycles. The Morgan fingerprint density at radius 3 is 2.32 bits per heavy atom. The van der Waals surface area contributed by atoms with Gasteiger partial charge in [-0.25, -0.2) is 0 Å². The van der Waals surface area contributed by atoms with Crippen molar-refractivity contribution in [2.75, 3.05) is 7.11 Å². The van der Waals surface area contributed by atoms with E-state index in [1.54, 1.807) is 13.8 Å². The van der Waals surface area contributed by atoms with Gasteiger partial charge in [-0.3, -0.25) is 9.59 Å². The molecule has 0 fully saturated rings. The minimum absolute atomic E-state index is 0.0588. The van der Waals surface area contributed by atoms with Gasteiger partial charge in [0.1, 0.15) is 0 Å². The molecule has 19 heavy (non-hydrogen) atoms. The quantitative estimate of drug-likeness (QED) is 0.562. The highest BCUT2D eigenvalue weighted by molar-refractivity contribution is 6.23. The molecule has 0 aromatic heterocycles. The molecular weight excluding hydrogens is 240 g/mol. The van der Waals surface area contributed by atoms with Crippen LogP contribution in [0.3, 0.4) is 0 Å². The number of allylic oxidation sites excluding steroid dienone is 5. The Morgan fingerprint density at radius 1 is 1.16 bits per heavy atom. The molecule has 1 aliphatic rings. The van der Waals surface area contributed by atoms with E-state index in [4.69, 9.17) is 4.74 Å². The Kier molecular flexibility index (Phi) is 5.28. The smallest absolute Gasteiger partial charge is 0.224 e. The molecule has 0 aliphatic heterocycles. The summed E-state index contributed by atoms with van der Waals surface area (Å²) in [5, 5.41) is 0. The zero-order chi connectivity index (χ0) is 14.6. The number of ketones is 2. The van der Waals surface area contributed by atoms with Gasteiger partial charge in [-0.15, -0.1) is 0 Å². The third-order valence-corrected chi connectivity index (χ3v) is 3.60. The van der Waals surface area contributed by atoms with Crippen LogP contribution in [0.25, 0.3) is 0 Å². The van der Waals surface area contributed by atoms with Crippen LogP contribution in [0, 0.1) is 0 Å². The van der Waals surface area contributed by atoms with Crippen LogP contribution in [0.5, 0.6) is 0 Å². The summed E-state index contributed by atoms with van der Waals surface area (Å²) >= 11 is 0. The van der Waals surface area contributed by atoms with Gasteiger partial charge in [0.25, 0.3) is 0 Å². The van der Waals surface area contributed by atoms with Crippen molar-refractivity contribution in [3.8, 4) is 0 Å². The normalized spacial score (nSPS) is 17.4. The molecule has 0 unspecified atom stereocenters. The summed E-state index contributed by atoms with van der Waals surface area (Å²) in [5.41, 5.74) is 2.88. The molecule has 0 aromatic carbocycles. The van der Waals surface area contributed by atoms with Crippen molar-refractivity contribution in [2.45, 2.75) is 47.0 Å². The van der Waals surface area contributed by atoms with Crippen molar-refractivity contribution in [1.29, 1.82) is 0 Å². The number of hydrogen-bond acceptors (Lipinski definition) is 3. The summed E-state index contributed by atoms with van der Waals surface area (Å²) in [6.07, 6.45) is 4.55. The highest BCUT2D eigenvalue weighted by Crippen LogP contribution is 2.27. The highest BCUT2D eigenvalue weighted by Gasteiger charge is 2.30. The van der Waals surface area contributed by atoms with Crippen LogP contribution in [0.1, 0.15) is 47.0 Å². The molecule has 0 atom stereocenters. The lowest BCUT2D eigenvalue weighted by atomic mass is 9.87. The lowest BCUT2D eigenvalue weighted by Crippen LogP contribution is -2.22. The van der Waals surface area contributed by atoms with E-state index in [1.165, 1.54) is 12.7 Å². The van der Waals surface area contributed by atoms with E-state index in [0.717, 1.165) is 12.8 Å². The Bertz CT molecular complexity index is 490. The van der Waals surface area contributed by atoms with Gasteiger partial charge in [0.15, 0.2) is 11.5 Å². The van der Waals surface area contributed by atoms with Crippen molar-refractivity contribution in [2.24, 2.45) is 0 Å². The van der Waals surface area contributed by atoms with Gasteiger partial charge >= 0.3 is 0 Å². The largest absolute Gasteiger partial charge is 0.492 e. The molecule has 0 spiro atoms. The standard InChI is InChI=1S/C16H22O3/c1-6-10(2)8-7-9-13-11(3)15(18)16(19-5)12(4)14(13)17/h8H,6-7,9H2,1-5H3/b10-8+. The topological polar surface area (TPSA) is 43.4 Å². The minimum Gasteiger partial charge on any atom is -0.492 e. The molecule has 0 heterocycles. The molecule has 3 nitrogen and oxygen atoms in total. The van der Waals surface area contributed by atoms with Crippen LogP contribution in [-0.2, 0) is 14.3 Å². The Hall–Kier alpha value is -1.64. The third-order valence-electron chi connectivity index (χ3n) is 3.60. The average Bonchev–Trinajstić information content (AvgIpc) is 2.40. The number of carbonyl (C=O) groups excluding carboxylic acids is 2. The first-order valence-electron chi connectivity index (χ1n) is 6.63. The Labute approximate surface area is 115 Å². The maximum Gasteiger partial charge on any atom is 0.224 e. The summed E-state index contributed by atoms with van der Waals surface area (Å²) in [6.45, 7) is 7.53. The summed E-state index contributed by atoms with van der Waals surface area (Å²) < 4.78 is 5.03.